The Bertz CT molecular complexity index is 822. The van der Waals surface area contributed by atoms with E-state index in [1.165, 1.54) is 155 Å². The van der Waals surface area contributed by atoms with E-state index in [1.807, 2.05) is 0 Å². The molecular weight excluding hydrogens is 620 g/mol. The van der Waals surface area contributed by atoms with Gasteiger partial charge >= 0.3 is 11.9 Å². The maximum atomic E-state index is 13.0. The lowest BCUT2D eigenvalue weighted by atomic mass is 10.1. The van der Waals surface area contributed by atoms with Gasteiger partial charge in [0.15, 0.2) is 0 Å². The summed E-state index contributed by atoms with van der Waals surface area (Å²) in [6, 6.07) is 6.92. The average molecular weight is 701 g/mol. The van der Waals surface area contributed by atoms with Gasteiger partial charge in [-0.05, 0) is 103 Å². The van der Waals surface area contributed by atoms with Gasteiger partial charge in [-0.3, -0.25) is 0 Å². The third-order valence-electron chi connectivity index (χ3n) is 9.88. The van der Waals surface area contributed by atoms with Crippen LogP contribution < -0.4 is 0 Å². The maximum Gasteiger partial charge on any atom is 0.339 e. The van der Waals surface area contributed by atoms with Crippen LogP contribution >= 0.6 is 0 Å². The molecule has 0 fully saturated rings. The molecule has 290 valence electrons. The molecular formula is C44H80N2O4. The molecule has 1 aromatic rings. The monoisotopic (exact) mass is 701 g/mol. The zero-order valence-electron chi connectivity index (χ0n) is 33.5. The molecule has 0 saturated heterocycles. The number of hydrogen-bond donors (Lipinski definition) is 0. The van der Waals surface area contributed by atoms with Gasteiger partial charge in [-0.25, -0.2) is 9.59 Å². The fourth-order valence-electron chi connectivity index (χ4n) is 6.63. The van der Waals surface area contributed by atoms with E-state index in [4.69, 9.17) is 9.47 Å². The topological polar surface area (TPSA) is 59.1 Å². The first-order valence-electron chi connectivity index (χ1n) is 21.4. The summed E-state index contributed by atoms with van der Waals surface area (Å²) in [5, 5.41) is 0. The molecule has 0 amide bonds. The third-order valence-corrected chi connectivity index (χ3v) is 9.88. The van der Waals surface area contributed by atoms with Gasteiger partial charge in [-0.2, -0.15) is 0 Å². The van der Waals surface area contributed by atoms with Gasteiger partial charge in [0.2, 0.25) is 0 Å². The van der Waals surface area contributed by atoms with Crippen LogP contribution in [0.5, 0.6) is 0 Å². The van der Waals surface area contributed by atoms with E-state index in [0.717, 1.165) is 38.8 Å². The van der Waals surface area contributed by atoms with E-state index in [9.17, 15) is 9.59 Å². The summed E-state index contributed by atoms with van der Waals surface area (Å²) >= 11 is 0. The highest BCUT2D eigenvalue weighted by atomic mass is 16.5. The molecule has 0 bridgehead atoms. The Morgan fingerprint density at radius 3 is 0.940 bits per heavy atom. The number of carbonyl (C=O) groups is 2. The van der Waals surface area contributed by atoms with Gasteiger partial charge in [0.25, 0.3) is 0 Å². The number of carbonyl (C=O) groups excluding carboxylic acids is 2. The van der Waals surface area contributed by atoms with Gasteiger partial charge in [0.05, 0.1) is 24.3 Å². The van der Waals surface area contributed by atoms with Crippen LogP contribution in [0.2, 0.25) is 0 Å². The van der Waals surface area contributed by atoms with E-state index in [-0.39, 0.29) is 0 Å². The number of benzene rings is 1. The van der Waals surface area contributed by atoms with Crippen LogP contribution in [0.4, 0.5) is 0 Å². The van der Waals surface area contributed by atoms with Crippen LogP contribution in [-0.4, -0.2) is 74.2 Å². The second-order valence-electron chi connectivity index (χ2n) is 14.6. The highest BCUT2D eigenvalue weighted by molar-refractivity contribution is 6.03. The number of hydrogen-bond acceptors (Lipinski definition) is 6. The number of rotatable bonds is 36. The van der Waals surface area contributed by atoms with E-state index in [2.05, 4.69) is 37.5 Å². The average Bonchev–Trinajstić information content (AvgIpc) is 3.13. The van der Waals surface area contributed by atoms with Crippen molar-refractivity contribution in [3.05, 3.63) is 35.4 Å². The van der Waals surface area contributed by atoms with Crippen molar-refractivity contribution >= 4 is 11.9 Å². The van der Waals surface area contributed by atoms with Crippen molar-refractivity contribution in [2.24, 2.45) is 0 Å². The maximum absolute atomic E-state index is 13.0. The van der Waals surface area contributed by atoms with E-state index < -0.39 is 11.9 Å². The molecule has 0 heterocycles. The van der Waals surface area contributed by atoms with Crippen molar-refractivity contribution in [3.8, 4) is 0 Å². The molecule has 1 rings (SSSR count). The van der Waals surface area contributed by atoms with Crippen LogP contribution in [0.25, 0.3) is 0 Å². The predicted molar refractivity (Wildman–Crippen MR) is 213 cm³/mol. The first-order valence-corrected chi connectivity index (χ1v) is 21.4. The minimum Gasteiger partial charge on any atom is -0.462 e. The molecule has 0 aliphatic carbocycles. The predicted octanol–water partition coefficient (Wildman–Crippen LogP) is 12.0. The second-order valence-corrected chi connectivity index (χ2v) is 14.6. The van der Waals surface area contributed by atoms with E-state index >= 15 is 0 Å². The molecule has 0 saturated carbocycles. The third kappa shape index (κ3) is 25.1. The van der Waals surface area contributed by atoms with Crippen molar-refractivity contribution in [2.75, 3.05) is 52.5 Å². The summed E-state index contributed by atoms with van der Waals surface area (Å²) in [5.74, 6) is -0.871. The molecule has 0 aliphatic heterocycles. The van der Waals surface area contributed by atoms with Gasteiger partial charge in [0.1, 0.15) is 0 Å². The first-order chi connectivity index (χ1) is 24.6. The lowest BCUT2D eigenvalue weighted by molar-refractivity contribution is 0.0448. The van der Waals surface area contributed by atoms with Gasteiger partial charge in [-0.15, -0.1) is 0 Å². The Hall–Kier alpha value is -1.92. The fraction of sp³-hybridized carbons (Fsp3) is 0.818. The largest absolute Gasteiger partial charge is 0.462 e. The summed E-state index contributed by atoms with van der Waals surface area (Å²) < 4.78 is 11.3. The Labute approximate surface area is 309 Å². The molecule has 6 nitrogen and oxygen atoms in total. The normalized spacial score (nSPS) is 11.5. The van der Waals surface area contributed by atoms with Gasteiger partial charge in [0, 0.05) is 0 Å². The summed E-state index contributed by atoms with van der Waals surface area (Å²) in [6.07, 6.45) is 29.8. The first kappa shape index (κ1) is 46.1. The molecule has 0 spiro atoms. The lowest BCUT2D eigenvalue weighted by Crippen LogP contribution is -2.27. The molecule has 0 radical (unpaired) electrons. The fourth-order valence-corrected chi connectivity index (χ4v) is 6.63. The van der Waals surface area contributed by atoms with Crippen LogP contribution in [0.3, 0.4) is 0 Å². The summed E-state index contributed by atoms with van der Waals surface area (Å²) in [4.78, 5) is 31.3. The minimum atomic E-state index is -0.435. The SMILES string of the molecule is CCCCCCCN(CCCCCCC)CCCCOC(=O)c1ccccc1C(=O)OCCCCN(CCCCCCC)CCCCCCC. The van der Waals surface area contributed by atoms with Gasteiger partial charge in [-0.1, -0.05) is 143 Å². The zero-order valence-corrected chi connectivity index (χ0v) is 33.5. The molecule has 0 aliphatic rings. The molecule has 0 N–H and O–H groups in total. The summed E-state index contributed by atoms with van der Waals surface area (Å²) in [5.41, 5.74) is 0.603. The molecule has 1 aromatic carbocycles. The van der Waals surface area contributed by atoms with Crippen molar-refractivity contribution < 1.29 is 19.1 Å². The minimum absolute atomic E-state index is 0.301. The molecule has 0 atom stereocenters. The quantitative estimate of drug-likeness (QED) is 0.0513. The smallest absolute Gasteiger partial charge is 0.339 e. The molecule has 50 heavy (non-hydrogen) atoms. The number of unbranched alkanes of at least 4 members (excludes halogenated alkanes) is 18. The Morgan fingerprint density at radius 1 is 0.400 bits per heavy atom. The van der Waals surface area contributed by atoms with Crippen molar-refractivity contribution in [3.63, 3.8) is 0 Å². The Balaban J connectivity index is 2.45. The van der Waals surface area contributed by atoms with E-state index in [1.54, 1.807) is 24.3 Å². The van der Waals surface area contributed by atoms with Crippen LogP contribution in [-0.2, 0) is 9.47 Å². The van der Waals surface area contributed by atoms with Crippen molar-refractivity contribution in [1.29, 1.82) is 0 Å². The summed E-state index contributed by atoms with van der Waals surface area (Å²) in [6.45, 7) is 16.6. The molecule has 0 aromatic heterocycles. The molecule has 6 heteroatoms. The molecule has 0 unspecified atom stereocenters. The number of ether oxygens (including phenoxy) is 2. The van der Waals surface area contributed by atoms with E-state index in [0.29, 0.717) is 24.3 Å². The van der Waals surface area contributed by atoms with Crippen LogP contribution in [0, 0.1) is 0 Å². The Kier molecular flexibility index (Phi) is 31.5. The van der Waals surface area contributed by atoms with Crippen LogP contribution in [0.15, 0.2) is 24.3 Å². The summed E-state index contributed by atoms with van der Waals surface area (Å²) in [7, 11) is 0. The Morgan fingerprint density at radius 2 is 0.660 bits per heavy atom. The second kappa shape index (κ2) is 34.2. The highest BCUT2D eigenvalue weighted by Gasteiger charge is 2.19. The highest BCUT2D eigenvalue weighted by Crippen LogP contribution is 2.14. The number of esters is 2. The van der Waals surface area contributed by atoms with Crippen molar-refractivity contribution in [2.45, 2.75) is 182 Å². The standard InChI is InChI=1S/C44H80N2O4/c1-5-9-13-17-23-33-45(34-24-18-14-10-6-2)37-27-29-39-49-43(47)41-31-21-22-32-42(41)44(48)50-40-30-28-38-46(35-25-19-15-11-7-3)36-26-20-16-12-8-4/h21-22,31-32H,5-20,23-30,33-40H2,1-4H3. The van der Waals surface area contributed by atoms with Crippen molar-refractivity contribution in [1.82, 2.24) is 9.80 Å². The number of nitrogens with zero attached hydrogens (tertiary/aromatic N) is 2. The van der Waals surface area contributed by atoms with Crippen LogP contribution in [0.1, 0.15) is 203 Å². The lowest BCUT2D eigenvalue weighted by Gasteiger charge is -2.22. The van der Waals surface area contributed by atoms with Gasteiger partial charge < -0.3 is 19.3 Å². The zero-order chi connectivity index (χ0) is 36.3.